The number of carbonyl (C=O) groups is 3. The Kier molecular flexibility index (Phi) is 8.33. The van der Waals surface area contributed by atoms with E-state index in [2.05, 4.69) is 15.5 Å². The van der Waals surface area contributed by atoms with Gasteiger partial charge in [0.05, 0.1) is 7.11 Å². The molecule has 4 rings (SSSR count). The van der Waals surface area contributed by atoms with Crippen LogP contribution in [0.2, 0.25) is 0 Å². The first kappa shape index (κ1) is 24.7. The maximum absolute atomic E-state index is 12.3. The number of hydrogen-bond acceptors (Lipinski definition) is 8. The van der Waals surface area contributed by atoms with E-state index in [1.807, 2.05) is 35.2 Å². The number of methoxy groups -OCH3 is 1. The molecule has 10 heteroatoms. The molecule has 0 spiro atoms. The summed E-state index contributed by atoms with van der Waals surface area (Å²) < 4.78 is 15.4. The van der Waals surface area contributed by atoms with Crippen LogP contribution in [0.3, 0.4) is 0 Å². The summed E-state index contributed by atoms with van der Waals surface area (Å²) >= 11 is 0. The number of amides is 2. The van der Waals surface area contributed by atoms with Crippen molar-refractivity contribution in [3.8, 4) is 0 Å². The minimum Gasteiger partial charge on any atom is -0.467 e. The monoisotopic (exact) mass is 484 g/mol. The SMILES string of the molecule is COC(=O)[C@H](CCc1nc(C2CCC(=O)N(CC3CCC3)C2)no1)NC(=O)OCc1ccccc1. The van der Waals surface area contributed by atoms with Crippen molar-refractivity contribution in [2.24, 2.45) is 5.92 Å². The smallest absolute Gasteiger partial charge is 0.408 e. The molecule has 2 aliphatic rings. The molecule has 1 saturated carbocycles. The summed E-state index contributed by atoms with van der Waals surface area (Å²) in [6.07, 6.45) is 4.59. The number of nitrogens with zero attached hydrogens (tertiary/aromatic N) is 3. The van der Waals surface area contributed by atoms with Gasteiger partial charge in [0.2, 0.25) is 11.8 Å². The van der Waals surface area contributed by atoms with E-state index >= 15 is 0 Å². The van der Waals surface area contributed by atoms with Crippen LogP contribution < -0.4 is 5.32 Å². The first-order chi connectivity index (χ1) is 17.0. The van der Waals surface area contributed by atoms with Crippen molar-refractivity contribution in [2.75, 3.05) is 20.2 Å². The molecular weight excluding hydrogens is 452 g/mol. The highest BCUT2D eigenvalue weighted by molar-refractivity contribution is 5.81. The van der Waals surface area contributed by atoms with Crippen molar-refractivity contribution >= 4 is 18.0 Å². The first-order valence-electron chi connectivity index (χ1n) is 12.2. The predicted octanol–water partition coefficient (Wildman–Crippen LogP) is 2.98. The van der Waals surface area contributed by atoms with E-state index in [0.717, 1.165) is 12.1 Å². The van der Waals surface area contributed by atoms with Crippen LogP contribution in [-0.4, -0.2) is 59.3 Å². The van der Waals surface area contributed by atoms with E-state index < -0.39 is 18.1 Å². The van der Waals surface area contributed by atoms with Gasteiger partial charge >= 0.3 is 12.1 Å². The fourth-order valence-corrected chi connectivity index (χ4v) is 4.39. The highest BCUT2D eigenvalue weighted by Gasteiger charge is 2.32. The van der Waals surface area contributed by atoms with E-state index in [-0.39, 0.29) is 31.3 Å². The standard InChI is InChI=1S/C25H32N4O6/c1-33-24(31)20(26-25(32)34-16-18-6-3-2-4-7-18)11-12-21-27-23(28-35-21)19-10-13-22(30)29(15-19)14-17-8-5-9-17/h2-4,6-7,17,19-20H,5,8-16H2,1H3,(H,26,32)/t19?,20-/m0/s1. The van der Waals surface area contributed by atoms with E-state index in [1.54, 1.807) is 0 Å². The van der Waals surface area contributed by atoms with E-state index in [4.69, 9.17) is 14.0 Å². The molecule has 2 aromatic rings. The van der Waals surface area contributed by atoms with Crippen LogP contribution in [-0.2, 0) is 32.1 Å². The minimum atomic E-state index is -0.913. The molecule has 1 aromatic carbocycles. The zero-order valence-electron chi connectivity index (χ0n) is 20.0. The van der Waals surface area contributed by atoms with Crippen LogP contribution in [0, 0.1) is 5.92 Å². The number of ether oxygens (including phenoxy) is 2. The Hall–Kier alpha value is -3.43. The number of alkyl carbamates (subject to hydrolysis) is 1. The van der Waals surface area contributed by atoms with Gasteiger partial charge in [0.1, 0.15) is 12.6 Å². The lowest BCUT2D eigenvalue weighted by Crippen LogP contribution is -2.43. The molecular formula is C25H32N4O6. The van der Waals surface area contributed by atoms with Crippen molar-refractivity contribution in [3.63, 3.8) is 0 Å². The van der Waals surface area contributed by atoms with Gasteiger partial charge in [-0.1, -0.05) is 41.9 Å². The molecule has 1 N–H and O–H groups in total. The van der Waals surface area contributed by atoms with Gasteiger partial charge in [-0.15, -0.1) is 0 Å². The van der Waals surface area contributed by atoms with Crippen LogP contribution in [0.5, 0.6) is 0 Å². The number of esters is 1. The molecule has 2 atom stereocenters. The molecule has 35 heavy (non-hydrogen) atoms. The number of likely N-dealkylation sites (tertiary alicyclic amines) is 1. The van der Waals surface area contributed by atoms with Gasteiger partial charge < -0.3 is 24.2 Å². The molecule has 2 fully saturated rings. The topological polar surface area (TPSA) is 124 Å². The Morgan fingerprint density at radius 2 is 2.03 bits per heavy atom. The van der Waals surface area contributed by atoms with Crippen LogP contribution in [0.1, 0.15) is 61.7 Å². The zero-order chi connectivity index (χ0) is 24.6. The molecule has 188 valence electrons. The molecule has 1 unspecified atom stereocenters. The molecule has 2 heterocycles. The van der Waals surface area contributed by atoms with Crippen molar-refractivity contribution in [1.82, 2.24) is 20.4 Å². The number of rotatable bonds is 10. The van der Waals surface area contributed by atoms with E-state index in [1.165, 1.54) is 26.4 Å². The lowest BCUT2D eigenvalue weighted by molar-refractivity contribution is -0.143. The zero-order valence-corrected chi connectivity index (χ0v) is 20.0. The fourth-order valence-electron chi connectivity index (χ4n) is 4.39. The quantitative estimate of drug-likeness (QED) is 0.511. The first-order valence-corrected chi connectivity index (χ1v) is 12.2. The summed E-state index contributed by atoms with van der Waals surface area (Å²) in [5.41, 5.74) is 0.839. The van der Waals surface area contributed by atoms with Crippen LogP contribution in [0.4, 0.5) is 4.79 Å². The Balaban J connectivity index is 1.28. The summed E-state index contributed by atoms with van der Waals surface area (Å²) in [6, 6.07) is 8.34. The van der Waals surface area contributed by atoms with Gasteiger partial charge in [0.15, 0.2) is 5.82 Å². The van der Waals surface area contributed by atoms with Gasteiger partial charge in [-0.05, 0) is 37.2 Å². The lowest BCUT2D eigenvalue weighted by Gasteiger charge is -2.36. The number of aryl methyl sites for hydroxylation is 1. The summed E-state index contributed by atoms with van der Waals surface area (Å²) in [5.74, 6) is 1.21. The Bertz CT molecular complexity index is 1010. The number of nitrogens with one attached hydrogen (secondary N) is 1. The summed E-state index contributed by atoms with van der Waals surface area (Å²) in [5, 5.41) is 6.68. The molecule has 0 radical (unpaired) electrons. The molecule has 2 amide bonds. The van der Waals surface area contributed by atoms with Gasteiger partial charge in [0, 0.05) is 31.8 Å². The molecule has 1 aliphatic carbocycles. The molecule has 10 nitrogen and oxygen atoms in total. The second kappa shape index (κ2) is 11.8. The highest BCUT2D eigenvalue weighted by Crippen LogP contribution is 2.31. The van der Waals surface area contributed by atoms with Gasteiger partial charge in [0.25, 0.3) is 0 Å². The largest absolute Gasteiger partial charge is 0.467 e. The van der Waals surface area contributed by atoms with Crippen molar-refractivity contribution < 1.29 is 28.4 Å². The van der Waals surface area contributed by atoms with E-state index in [0.29, 0.717) is 37.0 Å². The Morgan fingerprint density at radius 1 is 1.23 bits per heavy atom. The van der Waals surface area contributed by atoms with Crippen LogP contribution >= 0.6 is 0 Å². The number of benzene rings is 1. The molecule has 1 aromatic heterocycles. The summed E-state index contributed by atoms with van der Waals surface area (Å²) in [6.45, 7) is 1.51. The maximum Gasteiger partial charge on any atom is 0.408 e. The molecule has 1 aliphatic heterocycles. The van der Waals surface area contributed by atoms with Crippen LogP contribution in [0.15, 0.2) is 34.9 Å². The third-order valence-electron chi connectivity index (χ3n) is 6.69. The van der Waals surface area contributed by atoms with Gasteiger partial charge in [-0.3, -0.25) is 4.79 Å². The number of piperidine rings is 1. The fraction of sp³-hybridized carbons (Fsp3) is 0.560. The van der Waals surface area contributed by atoms with Crippen LogP contribution in [0.25, 0.3) is 0 Å². The number of carbonyl (C=O) groups excluding carboxylic acids is 3. The maximum atomic E-state index is 12.3. The van der Waals surface area contributed by atoms with Crippen molar-refractivity contribution in [1.29, 1.82) is 0 Å². The van der Waals surface area contributed by atoms with Crippen molar-refractivity contribution in [3.05, 3.63) is 47.6 Å². The lowest BCUT2D eigenvalue weighted by atomic mass is 9.84. The molecule has 0 bridgehead atoms. The Labute approximate surface area is 204 Å². The second-order valence-electron chi connectivity index (χ2n) is 9.20. The number of hydrogen-bond donors (Lipinski definition) is 1. The normalized spacial score (nSPS) is 19.1. The van der Waals surface area contributed by atoms with E-state index in [9.17, 15) is 14.4 Å². The average molecular weight is 485 g/mol. The minimum absolute atomic E-state index is 0.0350. The predicted molar refractivity (Wildman–Crippen MR) is 124 cm³/mol. The summed E-state index contributed by atoms with van der Waals surface area (Å²) in [7, 11) is 1.26. The van der Waals surface area contributed by atoms with Crippen molar-refractivity contribution in [2.45, 2.75) is 63.5 Å². The number of aromatic nitrogens is 2. The van der Waals surface area contributed by atoms with Gasteiger partial charge in [-0.2, -0.15) is 4.98 Å². The molecule has 1 saturated heterocycles. The van der Waals surface area contributed by atoms with Gasteiger partial charge in [-0.25, -0.2) is 9.59 Å². The average Bonchev–Trinajstić information content (AvgIpc) is 3.33. The third-order valence-corrected chi connectivity index (χ3v) is 6.69. The third kappa shape index (κ3) is 6.80. The Morgan fingerprint density at radius 3 is 2.74 bits per heavy atom. The second-order valence-corrected chi connectivity index (χ2v) is 9.20. The summed E-state index contributed by atoms with van der Waals surface area (Å²) in [4.78, 5) is 43.1. The highest BCUT2D eigenvalue weighted by atomic mass is 16.6.